The zero-order chi connectivity index (χ0) is 12.3. The van der Waals surface area contributed by atoms with Gasteiger partial charge in [0.25, 0.3) is 0 Å². The third-order valence-electron chi connectivity index (χ3n) is 2.10. The topological polar surface area (TPSA) is 72.5 Å². The number of rotatable bonds is 4. The second-order valence-electron chi connectivity index (χ2n) is 3.19. The Morgan fingerprint density at radius 1 is 1.50 bits per heavy atom. The summed E-state index contributed by atoms with van der Waals surface area (Å²) in [6, 6.07) is 0.510. The first kappa shape index (κ1) is 12.4. The number of nitrogens with two attached hydrogens (primary N) is 1. The predicted octanol–water partition coefficient (Wildman–Crippen LogP) is 0.928. The van der Waals surface area contributed by atoms with Crippen LogP contribution < -0.4 is 10.5 Å². The fourth-order valence-corrected chi connectivity index (χ4v) is 1.29. The zero-order valence-electron chi connectivity index (χ0n) is 8.54. The molecule has 1 unspecified atom stereocenters. The maximum Gasteiger partial charge on any atom is 0.320 e. The van der Waals surface area contributed by atoms with Gasteiger partial charge in [0.15, 0.2) is 11.6 Å². The Labute approximate surface area is 90.6 Å². The summed E-state index contributed by atoms with van der Waals surface area (Å²) in [7, 11) is 1.17. The summed E-state index contributed by atoms with van der Waals surface area (Å²) in [6.45, 7) is 0. The molecule has 1 aromatic carbocycles. The van der Waals surface area contributed by atoms with Crippen LogP contribution in [0.3, 0.4) is 0 Å². The van der Waals surface area contributed by atoms with E-state index in [-0.39, 0.29) is 17.7 Å². The van der Waals surface area contributed by atoms with E-state index in [1.807, 2.05) is 0 Å². The van der Waals surface area contributed by atoms with Crippen LogP contribution in [0.1, 0.15) is 5.56 Å². The highest BCUT2D eigenvalue weighted by atomic mass is 19.1. The fraction of sp³-hybridized carbons (Fsp3) is 0.300. The molecule has 0 saturated heterocycles. The Hall–Kier alpha value is -1.69. The average Bonchev–Trinajstić information content (AvgIpc) is 2.23. The number of aliphatic carboxylic acids is 1. The van der Waals surface area contributed by atoms with Gasteiger partial charge in [-0.1, -0.05) is 0 Å². The fourth-order valence-electron chi connectivity index (χ4n) is 1.29. The monoisotopic (exact) mass is 231 g/mol. The van der Waals surface area contributed by atoms with E-state index in [4.69, 9.17) is 10.8 Å². The van der Waals surface area contributed by atoms with E-state index in [9.17, 15) is 13.6 Å². The molecule has 0 aliphatic heterocycles. The average molecular weight is 231 g/mol. The van der Waals surface area contributed by atoms with Crippen LogP contribution in [0.5, 0.6) is 5.75 Å². The van der Waals surface area contributed by atoms with Gasteiger partial charge in [-0.15, -0.1) is 0 Å². The number of carboxylic acid groups (broad SMARTS) is 1. The third-order valence-corrected chi connectivity index (χ3v) is 2.10. The van der Waals surface area contributed by atoms with E-state index >= 15 is 0 Å². The molecule has 0 aliphatic rings. The van der Waals surface area contributed by atoms with Gasteiger partial charge in [0.05, 0.1) is 7.11 Å². The first-order chi connectivity index (χ1) is 7.47. The number of carboxylic acids is 1. The van der Waals surface area contributed by atoms with Crippen molar-refractivity contribution in [2.75, 3.05) is 7.11 Å². The molecule has 0 bridgehead atoms. The van der Waals surface area contributed by atoms with E-state index in [0.29, 0.717) is 0 Å². The van der Waals surface area contributed by atoms with Gasteiger partial charge in [0, 0.05) is 12.0 Å². The van der Waals surface area contributed by atoms with Crippen molar-refractivity contribution < 1.29 is 23.4 Å². The molecule has 0 heterocycles. The zero-order valence-corrected chi connectivity index (χ0v) is 8.54. The number of methoxy groups -OCH3 is 1. The van der Waals surface area contributed by atoms with Gasteiger partial charge in [0.1, 0.15) is 11.9 Å². The minimum Gasteiger partial charge on any atom is -0.493 e. The molecule has 0 fully saturated rings. The van der Waals surface area contributed by atoms with Crippen LogP contribution in [-0.2, 0) is 11.2 Å². The number of carbonyl (C=O) groups is 1. The van der Waals surface area contributed by atoms with E-state index in [1.165, 1.54) is 7.11 Å². The lowest BCUT2D eigenvalue weighted by Gasteiger charge is -2.12. The van der Waals surface area contributed by atoms with Crippen LogP contribution in [0.4, 0.5) is 8.78 Å². The van der Waals surface area contributed by atoms with Gasteiger partial charge >= 0.3 is 5.97 Å². The van der Waals surface area contributed by atoms with Crippen molar-refractivity contribution in [3.63, 3.8) is 0 Å². The van der Waals surface area contributed by atoms with Gasteiger partial charge in [-0.05, 0) is 12.1 Å². The molecule has 6 heteroatoms. The summed E-state index contributed by atoms with van der Waals surface area (Å²) in [6.07, 6.45) is -0.331. The molecule has 16 heavy (non-hydrogen) atoms. The first-order valence-corrected chi connectivity index (χ1v) is 4.46. The maximum absolute atomic E-state index is 13.3. The van der Waals surface area contributed by atoms with Gasteiger partial charge < -0.3 is 15.6 Å². The molecule has 1 rings (SSSR count). The summed E-state index contributed by atoms with van der Waals surface area (Å²) in [5, 5.41) is 8.59. The Balaban J connectivity index is 3.11. The Morgan fingerprint density at radius 3 is 2.56 bits per heavy atom. The summed E-state index contributed by atoms with van der Waals surface area (Å²) < 4.78 is 31.2. The van der Waals surface area contributed by atoms with E-state index < -0.39 is 23.6 Å². The minimum absolute atomic E-state index is 0.169. The van der Waals surface area contributed by atoms with Crippen LogP contribution >= 0.6 is 0 Å². The molecule has 1 aromatic rings. The molecular weight excluding hydrogens is 220 g/mol. The molecule has 0 amide bonds. The molecule has 88 valence electrons. The molecule has 0 spiro atoms. The van der Waals surface area contributed by atoms with Crippen LogP contribution in [0.2, 0.25) is 0 Å². The predicted molar refractivity (Wildman–Crippen MR) is 52.2 cm³/mol. The second kappa shape index (κ2) is 4.89. The van der Waals surface area contributed by atoms with Crippen LogP contribution in [0.25, 0.3) is 0 Å². The normalized spacial score (nSPS) is 12.2. The Kier molecular flexibility index (Phi) is 3.78. The molecule has 3 N–H and O–H groups in total. The first-order valence-electron chi connectivity index (χ1n) is 4.46. The van der Waals surface area contributed by atoms with Crippen LogP contribution in [0.15, 0.2) is 12.1 Å². The summed E-state index contributed by atoms with van der Waals surface area (Å²) in [5.74, 6) is -3.09. The highest BCUT2D eigenvalue weighted by Crippen LogP contribution is 2.26. The molecule has 0 radical (unpaired) electrons. The quantitative estimate of drug-likeness (QED) is 0.808. The van der Waals surface area contributed by atoms with E-state index in [0.717, 1.165) is 12.1 Å². The number of hydrogen-bond acceptors (Lipinski definition) is 3. The second-order valence-corrected chi connectivity index (χ2v) is 3.19. The highest BCUT2D eigenvalue weighted by molar-refractivity contribution is 5.73. The molecular formula is C10H11F2NO3. The summed E-state index contributed by atoms with van der Waals surface area (Å²) in [4.78, 5) is 10.5. The SMILES string of the molecule is COc1c(F)ccc(F)c1CC(N)C(=O)O. The van der Waals surface area contributed by atoms with Gasteiger partial charge in [0.2, 0.25) is 0 Å². The molecule has 1 atom stereocenters. The largest absolute Gasteiger partial charge is 0.493 e. The van der Waals surface area contributed by atoms with E-state index in [2.05, 4.69) is 4.74 Å². The van der Waals surface area contributed by atoms with Crippen molar-refractivity contribution in [3.8, 4) is 5.75 Å². The molecule has 0 aliphatic carbocycles. The van der Waals surface area contributed by atoms with Crippen molar-refractivity contribution >= 4 is 5.97 Å². The lowest BCUT2D eigenvalue weighted by molar-refractivity contribution is -0.138. The lowest BCUT2D eigenvalue weighted by Crippen LogP contribution is -2.32. The van der Waals surface area contributed by atoms with Crippen molar-refractivity contribution in [2.45, 2.75) is 12.5 Å². The number of benzene rings is 1. The lowest BCUT2D eigenvalue weighted by atomic mass is 10.0. The minimum atomic E-state index is -1.30. The van der Waals surface area contributed by atoms with Crippen LogP contribution in [0, 0.1) is 11.6 Å². The van der Waals surface area contributed by atoms with Gasteiger partial charge in [-0.25, -0.2) is 8.78 Å². The number of hydrogen-bond donors (Lipinski definition) is 2. The summed E-state index contributed by atoms with van der Waals surface area (Å²) in [5.41, 5.74) is 5.08. The van der Waals surface area contributed by atoms with Gasteiger partial charge in [-0.3, -0.25) is 4.79 Å². The molecule has 0 aromatic heterocycles. The highest BCUT2D eigenvalue weighted by Gasteiger charge is 2.20. The standard InChI is InChI=1S/C10H11F2NO3/c1-16-9-5(4-8(13)10(14)15)6(11)2-3-7(9)12/h2-3,8H,4,13H2,1H3,(H,14,15). The van der Waals surface area contributed by atoms with Gasteiger partial charge in [-0.2, -0.15) is 0 Å². The summed E-state index contributed by atoms with van der Waals surface area (Å²) >= 11 is 0. The third kappa shape index (κ3) is 2.46. The maximum atomic E-state index is 13.3. The molecule has 4 nitrogen and oxygen atoms in total. The smallest absolute Gasteiger partial charge is 0.320 e. The Bertz CT molecular complexity index is 409. The van der Waals surface area contributed by atoms with Crippen molar-refractivity contribution in [1.82, 2.24) is 0 Å². The van der Waals surface area contributed by atoms with Crippen molar-refractivity contribution in [3.05, 3.63) is 29.3 Å². The van der Waals surface area contributed by atoms with Crippen molar-refractivity contribution in [1.29, 1.82) is 0 Å². The van der Waals surface area contributed by atoms with Crippen LogP contribution in [-0.4, -0.2) is 24.2 Å². The van der Waals surface area contributed by atoms with Crippen molar-refractivity contribution in [2.24, 2.45) is 5.73 Å². The number of halogens is 2. The van der Waals surface area contributed by atoms with E-state index in [1.54, 1.807) is 0 Å². The number of ether oxygens (including phenoxy) is 1. The Morgan fingerprint density at radius 2 is 2.06 bits per heavy atom. The molecule has 0 saturated carbocycles.